The number of anilines is 1. The van der Waals surface area contributed by atoms with Gasteiger partial charge in [0.1, 0.15) is 5.75 Å². The van der Waals surface area contributed by atoms with Gasteiger partial charge in [-0.3, -0.25) is 9.59 Å². The Hall–Kier alpha value is -2.35. The maximum Gasteiger partial charge on any atom is 0.573 e. The summed E-state index contributed by atoms with van der Waals surface area (Å²) in [7, 11) is 0. The molecule has 2 rings (SSSR count). The molecule has 128 valence electrons. The Balaban J connectivity index is 1.80. The molecule has 0 fully saturated rings. The number of carbonyl (C=O) groups excluding carboxylic acids is 2. The first-order valence-corrected chi connectivity index (χ1v) is 7.94. The van der Waals surface area contributed by atoms with Crippen LogP contribution in [0.1, 0.15) is 28.9 Å². The first-order chi connectivity index (χ1) is 11.3. The van der Waals surface area contributed by atoms with Crippen LogP contribution in [0.25, 0.3) is 0 Å². The van der Waals surface area contributed by atoms with Gasteiger partial charge in [0.15, 0.2) is 5.78 Å². The molecule has 1 aromatic carbocycles. The Morgan fingerprint density at radius 1 is 1.12 bits per heavy atom. The van der Waals surface area contributed by atoms with Gasteiger partial charge in [0.25, 0.3) is 0 Å². The largest absolute Gasteiger partial charge is 0.573 e. The third kappa shape index (κ3) is 6.04. The molecule has 0 radical (unpaired) electrons. The number of ketones is 1. The minimum atomic E-state index is -4.79. The number of halogens is 3. The van der Waals surface area contributed by atoms with Crippen LogP contribution in [-0.4, -0.2) is 18.1 Å². The molecular formula is C16H14F3NO3S. The van der Waals surface area contributed by atoms with Gasteiger partial charge in [-0.05, 0) is 30.0 Å². The van der Waals surface area contributed by atoms with Gasteiger partial charge in [0.05, 0.1) is 4.88 Å². The molecule has 2 aromatic rings. The molecule has 0 bridgehead atoms. The van der Waals surface area contributed by atoms with Crippen molar-refractivity contribution in [3.8, 4) is 5.75 Å². The van der Waals surface area contributed by atoms with E-state index in [1.165, 1.54) is 23.5 Å². The van der Waals surface area contributed by atoms with Crippen molar-refractivity contribution in [3.05, 3.63) is 46.7 Å². The number of rotatable bonds is 7. The number of thiophene rings is 1. The maximum atomic E-state index is 12.2. The van der Waals surface area contributed by atoms with Crippen molar-refractivity contribution < 1.29 is 27.5 Å². The number of hydrogen-bond donors (Lipinski definition) is 1. The second-order valence-corrected chi connectivity index (χ2v) is 5.83. The SMILES string of the molecule is O=C(CCCC(=O)c1cccs1)Nc1cccc(OC(F)(F)F)c1. The summed E-state index contributed by atoms with van der Waals surface area (Å²) in [5.41, 5.74) is 0.200. The van der Waals surface area contributed by atoms with Crippen LogP contribution in [0.4, 0.5) is 18.9 Å². The number of carbonyl (C=O) groups is 2. The van der Waals surface area contributed by atoms with Crippen molar-refractivity contribution >= 4 is 28.7 Å². The molecule has 0 aliphatic heterocycles. The van der Waals surface area contributed by atoms with E-state index in [9.17, 15) is 22.8 Å². The van der Waals surface area contributed by atoms with Gasteiger partial charge in [0, 0.05) is 24.6 Å². The van der Waals surface area contributed by atoms with Crippen molar-refractivity contribution in [2.24, 2.45) is 0 Å². The number of nitrogens with one attached hydrogen (secondary N) is 1. The second-order valence-electron chi connectivity index (χ2n) is 4.88. The van der Waals surface area contributed by atoms with E-state index in [2.05, 4.69) is 10.1 Å². The fourth-order valence-corrected chi connectivity index (χ4v) is 2.66. The van der Waals surface area contributed by atoms with Crippen molar-refractivity contribution in [1.29, 1.82) is 0 Å². The van der Waals surface area contributed by atoms with Gasteiger partial charge in [-0.2, -0.15) is 0 Å². The molecule has 0 unspecified atom stereocenters. The van der Waals surface area contributed by atoms with Crippen LogP contribution in [0.2, 0.25) is 0 Å². The zero-order valence-corrected chi connectivity index (χ0v) is 13.2. The fraction of sp³-hybridized carbons (Fsp3) is 0.250. The zero-order chi connectivity index (χ0) is 17.6. The lowest BCUT2D eigenvalue weighted by molar-refractivity contribution is -0.274. The van der Waals surface area contributed by atoms with Gasteiger partial charge < -0.3 is 10.1 Å². The molecule has 4 nitrogen and oxygen atoms in total. The van der Waals surface area contributed by atoms with E-state index in [0.717, 1.165) is 12.1 Å². The highest BCUT2D eigenvalue weighted by atomic mass is 32.1. The molecule has 0 saturated heterocycles. The van der Waals surface area contributed by atoms with Crippen molar-refractivity contribution in [1.82, 2.24) is 0 Å². The third-order valence-electron chi connectivity index (χ3n) is 2.96. The normalized spacial score (nSPS) is 11.1. The van der Waals surface area contributed by atoms with Gasteiger partial charge in [-0.15, -0.1) is 24.5 Å². The van der Waals surface area contributed by atoms with Gasteiger partial charge >= 0.3 is 6.36 Å². The quantitative estimate of drug-likeness (QED) is 0.735. The predicted octanol–water partition coefficient (Wildman–Crippen LogP) is 4.64. The lowest BCUT2D eigenvalue weighted by Crippen LogP contribution is -2.17. The summed E-state index contributed by atoms with van der Waals surface area (Å²) in [5, 5.41) is 4.28. The highest BCUT2D eigenvalue weighted by Gasteiger charge is 2.31. The first kappa shape index (κ1) is 18.0. The number of amides is 1. The highest BCUT2D eigenvalue weighted by Crippen LogP contribution is 2.25. The molecule has 0 aliphatic rings. The van der Waals surface area contributed by atoms with Crippen molar-refractivity contribution in [3.63, 3.8) is 0 Å². The molecule has 0 atom stereocenters. The monoisotopic (exact) mass is 357 g/mol. The maximum absolute atomic E-state index is 12.2. The average molecular weight is 357 g/mol. The van der Waals surface area contributed by atoms with E-state index in [1.54, 1.807) is 17.5 Å². The van der Waals surface area contributed by atoms with Crippen LogP contribution in [0, 0.1) is 0 Å². The van der Waals surface area contributed by atoms with Crippen molar-refractivity contribution in [2.75, 3.05) is 5.32 Å². The van der Waals surface area contributed by atoms with Crippen LogP contribution >= 0.6 is 11.3 Å². The average Bonchev–Trinajstić information content (AvgIpc) is 2.99. The summed E-state index contributed by atoms with van der Waals surface area (Å²) < 4.78 is 40.2. The van der Waals surface area contributed by atoms with Crippen molar-refractivity contribution in [2.45, 2.75) is 25.6 Å². The minimum absolute atomic E-state index is 0.0293. The standard InChI is InChI=1S/C16H14F3NO3S/c17-16(18,19)23-12-5-1-4-11(10-12)20-15(22)8-2-6-13(21)14-7-3-9-24-14/h1,3-5,7,9-10H,2,6,8H2,(H,20,22). The predicted molar refractivity (Wildman–Crippen MR) is 84.3 cm³/mol. The molecule has 8 heteroatoms. The van der Waals surface area contributed by atoms with E-state index in [1.807, 2.05) is 0 Å². The van der Waals surface area contributed by atoms with E-state index in [-0.39, 0.29) is 30.2 Å². The molecule has 1 aromatic heterocycles. The molecule has 0 aliphatic carbocycles. The van der Waals surface area contributed by atoms with Crippen LogP contribution in [-0.2, 0) is 4.79 Å². The molecule has 1 heterocycles. The Kier molecular flexibility index (Phi) is 5.97. The van der Waals surface area contributed by atoms with Crippen LogP contribution in [0.5, 0.6) is 5.75 Å². The summed E-state index contributed by atoms with van der Waals surface area (Å²) in [6, 6.07) is 8.53. The molecule has 24 heavy (non-hydrogen) atoms. The number of benzene rings is 1. The number of alkyl halides is 3. The first-order valence-electron chi connectivity index (χ1n) is 7.06. The Bertz CT molecular complexity index is 699. The summed E-state index contributed by atoms with van der Waals surface area (Å²) in [5.74, 6) is -0.815. The number of ether oxygens (including phenoxy) is 1. The van der Waals surface area contributed by atoms with Gasteiger partial charge in [0.2, 0.25) is 5.91 Å². The molecule has 1 amide bonds. The Labute approximate surface area is 140 Å². The fourth-order valence-electron chi connectivity index (χ4n) is 1.96. The smallest absolute Gasteiger partial charge is 0.406 e. The lowest BCUT2D eigenvalue weighted by atomic mass is 10.1. The van der Waals surface area contributed by atoms with Gasteiger partial charge in [-0.1, -0.05) is 12.1 Å². The highest BCUT2D eigenvalue weighted by molar-refractivity contribution is 7.12. The molecule has 1 N–H and O–H groups in total. The number of Topliss-reactive ketones (excluding diaryl/α,β-unsaturated/α-hetero) is 1. The number of hydrogen-bond acceptors (Lipinski definition) is 4. The Morgan fingerprint density at radius 3 is 2.58 bits per heavy atom. The second kappa shape index (κ2) is 7.96. The van der Waals surface area contributed by atoms with Crippen LogP contribution < -0.4 is 10.1 Å². The van der Waals surface area contributed by atoms with E-state index in [4.69, 9.17) is 0 Å². The topological polar surface area (TPSA) is 55.4 Å². The molecule has 0 spiro atoms. The van der Waals surface area contributed by atoms with E-state index < -0.39 is 12.1 Å². The minimum Gasteiger partial charge on any atom is -0.406 e. The summed E-state index contributed by atoms with van der Waals surface area (Å²) in [6.45, 7) is 0. The van der Waals surface area contributed by atoms with Gasteiger partial charge in [-0.25, -0.2) is 0 Å². The van der Waals surface area contributed by atoms with E-state index >= 15 is 0 Å². The summed E-state index contributed by atoms with van der Waals surface area (Å²) in [4.78, 5) is 24.2. The molecular weight excluding hydrogens is 343 g/mol. The van der Waals surface area contributed by atoms with Crippen LogP contribution in [0.3, 0.4) is 0 Å². The summed E-state index contributed by atoms with van der Waals surface area (Å²) in [6.07, 6.45) is -4.08. The lowest BCUT2D eigenvalue weighted by Gasteiger charge is -2.10. The van der Waals surface area contributed by atoms with E-state index in [0.29, 0.717) is 11.3 Å². The summed E-state index contributed by atoms with van der Waals surface area (Å²) >= 11 is 1.34. The zero-order valence-electron chi connectivity index (χ0n) is 12.4. The van der Waals surface area contributed by atoms with Crippen LogP contribution in [0.15, 0.2) is 41.8 Å². The molecule has 0 saturated carbocycles. The Morgan fingerprint density at radius 2 is 1.92 bits per heavy atom. The third-order valence-corrected chi connectivity index (χ3v) is 3.87.